The molecule has 146 valence electrons. The molecule has 28 heavy (non-hydrogen) atoms. The Morgan fingerprint density at radius 3 is 2.89 bits per heavy atom. The number of fused-ring (bicyclic) bond motifs is 1. The molecule has 0 spiro atoms. The van der Waals surface area contributed by atoms with E-state index in [0.717, 1.165) is 42.9 Å². The summed E-state index contributed by atoms with van der Waals surface area (Å²) in [5, 5.41) is 5.74. The van der Waals surface area contributed by atoms with E-state index in [1.54, 1.807) is 18.0 Å². The second kappa shape index (κ2) is 7.43. The number of hydrogen-bond donors (Lipinski definition) is 0. The molecule has 0 aliphatic carbocycles. The van der Waals surface area contributed by atoms with Crippen LogP contribution in [0.1, 0.15) is 42.2 Å². The van der Waals surface area contributed by atoms with E-state index in [4.69, 9.17) is 16.3 Å². The van der Waals surface area contributed by atoms with Gasteiger partial charge in [0.05, 0.1) is 34.5 Å². The molecule has 0 unspecified atom stereocenters. The first-order chi connectivity index (χ1) is 13.5. The molecule has 3 aromatic rings. The van der Waals surface area contributed by atoms with Crippen LogP contribution in [0.25, 0.3) is 16.7 Å². The summed E-state index contributed by atoms with van der Waals surface area (Å²) in [6, 6.07) is 7.80. The Bertz CT molecular complexity index is 1050. The number of amides is 1. The molecule has 3 heterocycles. The van der Waals surface area contributed by atoms with Gasteiger partial charge in [0.1, 0.15) is 5.75 Å². The largest absolute Gasteiger partial charge is 0.497 e. The predicted molar refractivity (Wildman–Crippen MR) is 110 cm³/mol. The van der Waals surface area contributed by atoms with Gasteiger partial charge in [-0.15, -0.1) is 0 Å². The van der Waals surface area contributed by atoms with Crippen LogP contribution in [0.3, 0.4) is 0 Å². The van der Waals surface area contributed by atoms with Gasteiger partial charge in [-0.2, -0.15) is 5.10 Å². The van der Waals surface area contributed by atoms with E-state index in [0.29, 0.717) is 21.6 Å². The van der Waals surface area contributed by atoms with E-state index < -0.39 is 0 Å². The summed E-state index contributed by atoms with van der Waals surface area (Å²) in [5.74, 6) is 0.677. The Balaban J connectivity index is 1.80. The molecule has 6 nitrogen and oxygen atoms in total. The first-order valence-electron chi connectivity index (χ1n) is 9.50. The summed E-state index contributed by atoms with van der Waals surface area (Å²) in [7, 11) is 1.63. The van der Waals surface area contributed by atoms with E-state index in [9.17, 15) is 4.79 Å². The van der Waals surface area contributed by atoms with Gasteiger partial charge in [0, 0.05) is 24.8 Å². The normalized spacial score (nSPS) is 17.1. The smallest absolute Gasteiger partial charge is 0.257 e. The standard InChI is InChI=1S/C21H23ClN4O2/c1-13-7-4-5-10-25(13)21(27)17-12-23-20-18(19(17)22)14(2)24-26(20)15-8-6-9-16(11-15)28-3/h6,8-9,11-13H,4-5,7,10H2,1-3H3/t13-/m0/s1. The first kappa shape index (κ1) is 18.7. The maximum atomic E-state index is 13.1. The highest BCUT2D eigenvalue weighted by Gasteiger charge is 2.28. The number of carbonyl (C=O) groups is 1. The highest BCUT2D eigenvalue weighted by Crippen LogP contribution is 2.32. The van der Waals surface area contributed by atoms with E-state index in [2.05, 4.69) is 17.0 Å². The number of likely N-dealkylation sites (tertiary alicyclic amines) is 1. The van der Waals surface area contributed by atoms with Crippen LogP contribution in [0.2, 0.25) is 5.02 Å². The first-order valence-corrected chi connectivity index (χ1v) is 9.88. The monoisotopic (exact) mass is 398 g/mol. The zero-order valence-corrected chi connectivity index (χ0v) is 17.0. The minimum Gasteiger partial charge on any atom is -0.497 e. The molecule has 0 radical (unpaired) electrons. The summed E-state index contributed by atoms with van der Waals surface area (Å²) in [5.41, 5.74) is 2.62. The number of ether oxygens (including phenoxy) is 1. The Morgan fingerprint density at radius 1 is 1.32 bits per heavy atom. The molecule has 1 fully saturated rings. The maximum Gasteiger partial charge on any atom is 0.257 e. The summed E-state index contributed by atoms with van der Waals surface area (Å²) in [6.07, 6.45) is 4.77. The zero-order chi connectivity index (χ0) is 19.8. The van der Waals surface area contributed by atoms with Crippen molar-refractivity contribution >= 4 is 28.5 Å². The van der Waals surface area contributed by atoms with Crippen molar-refractivity contribution in [3.05, 3.63) is 46.7 Å². The van der Waals surface area contributed by atoms with Crippen LogP contribution in [-0.2, 0) is 0 Å². The van der Waals surface area contributed by atoms with Crippen molar-refractivity contribution in [3.8, 4) is 11.4 Å². The number of piperidine rings is 1. The average molecular weight is 399 g/mol. The minimum absolute atomic E-state index is 0.0554. The summed E-state index contributed by atoms with van der Waals surface area (Å²) in [4.78, 5) is 19.6. The van der Waals surface area contributed by atoms with Crippen molar-refractivity contribution in [2.24, 2.45) is 0 Å². The second-order valence-corrected chi connectivity index (χ2v) is 7.60. The van der Waals surface area contributed by atoms with Crippen molar-refractivity contribution in [2.75, 3.05) is 13.7 Å². The zero-order valence-electron chi connectivity index (χ0n) is 16.3. The molecule has 1 saturated heterocycles. The Kier molecular flexibility index (Phi) is 4.98. The molecule has 1 atom stereocenters. The molecule has 1 aromatic carbocycles. The van der Waals surface area contributed by atoms with Gasteiger partial charge in [0.2, 0.25) is 0 Å². The van der Waals surface area contributed by atoms with Crippen LogP contribution < -0.4 is 4.74 Å². The SMILES string of the molecule is COc1cccc(-n2nc(C)c3c(Cl)c(C(=O)N4CCCC[C@@H]4C)cnc32)c1. The predicted octanol–water partition coefficient (Wildman–Crippen LogP) is 4.41. The Morgan fingerprint density at radius 2 is 2.14 bits per heavy atom. The van der Waals surface area contributed by atoms with Crippen molar-refractivity contribution < 1.29 is 9.53 Å². The molecular formula is C21H23ClN4O2. The lowest BCUT2D eigenvalue weighted by Gasteiger charge is -2.33. The number of hydrogen-bond acceptors (Lipinski definition) is 4. The van der Waals surface area contributed by atoms with E-state index in [1.807, 2.05) is 36.1 Å². The molecule has 2 aromatic heterocycles. The number of methoxy groups -OCH3 is 1. The summed E-state index contributed by atoms with van der Waals surface area (Å²) >= 11 is 6.70. The fraction of sp³-hybridized carbons (Fsp3) is 0.381. The third-order valence-corrected chi connectivity index (χ3v) is 5.79. The number of nitrogens with zero attached hydrogens (tertiary/aromatic N) is 4. The fourth-order valence-corrected chi connectivity index (χ4v) is 4.19. The number of aromatic nitrogens is 3. The van der Waals surface area contributed by atoms with Crippen LogP contribution in [0.5, 0.6) is 5.75 Å². The number of pyridine rings is 1. The van der Waals surface area contributed by atoms with Gasteiger partial charge < -0.3 is 9.64 Å². The number of rotatable bonds is 3. The topological polar surface area (TPSA) is 60.3 Å². The van der Waals surface area contributed by atoms with Crippen LogP contribution in [0.15, 0.2) is 30.5 Å². The number of aryl methyl sites for hydroxylation is 1. The van der Waals surface area contributed by atoms with Crippen molar-refractivity contribution in [2.45, 2.75) is 39.2 Å². The third kappa shape index (κ3) is 3.11. The molecule has 0 N–H and O–H groups in total. The minimum atomic E-state index is -0.0554. The van der Waals surface area contributed by atoms with Gasteiger partial charge in [0.15, 0.2) is 5.65 Å². The Hall–Kier alpha value is -2.60. The number of halogens is 1. The van der Waals surface area contributed by atoms with Gasteiger partial charge in [-0.3, -0.25) is 4.79 Å². The average Bonchev–Trinajstić information content (AvgIpc) is 3.05. The number of carbonyl (C=O) groups excluding carboxylic acids is 1. The lowest BCUT2D eigenvalue weighted by Crippen LogP contribution is -2.42. The molecule has 4 rings (SSSR count). The highest BCUT2D eigenvalue weighted by molar-refractivity contribution is 6.38. The van der Waals surface area contributed by atoms with Gasteiger partial charge in [-0.05, 0) is 45.2 Å². The number of benzene rings is 1. The van der Waals surface area contributed by atoms with E-state index in [-0.39, 0.29) is 11.9 Å². The molecule has 1 aliphatic rings. The highest BCUT2D eigenvalue weighted by atomic mass is 35.5. The quantitative estimate of drug-likeness (QED) is 0.655. The van der Waals surface area contributed by atoms with E-state index in [1.165, 1.54) is 0 Å². The van der Waals surface area contributed by atoms with E-state index >= 15 is 0 Å². The van der Waals surface area contributed by atoms with Crippen molar-refractivity contribution in [3.63, 3.8) is 0 Å². The third-order valence-electron chi connectivity index (χ3n) is 5.40. The lowest BCUT2D eigenvalue weighted by atomic mass is 10.0. The maximum absolute atomic E-state index is 13.1. The van der Waals surface area contributed by atoms with Crippen molar-refractivity contribution in [1.29, 1.82) is 0 Å². The van der Waals surface area contributed by atoms with Crippen LogP contribution in [0.4, 0.5) is 0 Å². The fourth-order valence-electron chi connectivity index (χ4n) is 3.83. The molecule has 1 amide bonds. The van der Waals surface area contributed by atoms with Gasteiger partial charge in [-0.25, -0.2) is 9.67 Å². The van der Waals surface area contributed by atoms with Crippen LogP contribution in [0, 0.1) is 6.92 Å². The molecule has 7 heteroatoms. The van der Waals surface area contributed by atoms with Gasteiger partial charge >= 0.3 is 0 Å². The summed E-state index contributed by atoms with van der Waals surface area (Å²) in [6.45, 7) is 4.73. The van der Waals surface area contributed by atoms with Crippen LogP contribution in [-0.4, -0.2) is 45.3 Å². The molecule has 1 aliphatic heterocycles. The lowest BCUT2D eigenvalue weighted by molar-refractivity contribution is 0.0635. The van der Waals surface area contributed by atoms with Gasteiger partial charge in [0.25, 0.3) is 5.91 Å². The van der Waals surface area contributed by atoms with Crippen molar-refractivity contribution in [1.82, 2.24) is 19.7 Å². The molecule has 0 bridgehead atoms. The Labute approximate surface area is 169 Å². The van der Waals surface area contributed by atoms with Crippen LogP contribution >= 0.6 is 11.6 Å². The summed E-state index contributed by atoms with van der Waals surface area (Å²) < 4.78 is 7.04. The molecular weight excluding hydrogens is 376 g/mol. The second-order valence-electron chi connectivity index (χ2n) is 7.23. The van der Waals surface area contributed by atoms with Gasteiger partial charge in [-0.1, -0.05) is 17.7 Å². The molecule has 0 saturated carbocycles.